The number of anilines is 2. The van der Waals surface area contributed by atoms with E-state index in [-0.39, 0.29) is 34.2 Å². The highest BCUT2D eigenvalue weighted by Crippen LogP contribution is 2.36. The Labute approximate surface area is 345 Å². The molecule has 5 heterocycles. The average Bonchev–Trinajstić information content (AvgIpc) is 3.88. The molecule has 0 unspecified atom stereocenters. The second kappa shape index (κ2) is 18.0. The van der Waals surface area contributed by atoms with Crippen LogP contribution in [0.3, 0.4) is 0 Å². The van der Waals surface area contributed by atoms with Gasteiger partial charge in [-0.1, -0.05) is 24.6 Å². The molecule has 60 heavy (non-hydrogen) atoms. The van der Waals surface area contributed by atoms with E-state index in [0.29, 0.717) is 49.4 Å². The molecule has 2 aliphatic heterocycles. The number of imide groups is 1. The van der Waals surface area contributed by atoms with Crippen molar-refractivity contribution in [1.29, 1.82) is 0 Å². The molecule has 314 valence electrons. The number of morpholine rings is 1. The van der Waals surface area contributed by atoms with Crippen molar-refractivity contribution in [3.05, 3.63) is 95.1 Å². The van der Waals surface area contributed by atoms with Gasteiger partial charge < -0.3 is 24.6 Å². The monoisotopic (exact) mass is 823 g/mol. The molecule has 3 amide bonds. The van der Waals surface area contributed by atoms with E-state index in [1.807, 2.05) is 24.3 Å². The lowest BCUT2D eigenvalue weighted by atomic mass is 9.86. The number of Topliss-reactive ketones (excluding diaryl/α,β-unsaturated/α-hetero) is 1. The van der Waals surface area contributed by atoms with E-state index < -0.39 is 35.6 Å². The fraction of sp³-hybridized carbons (Fsp3) is 0.419. The minimum atomic E-state index is -2.86. The maximum absolute atomic E-state index is 14.2. The fourth-order valence-electron chi connectivity index (χ4n) is 8.32. The highest BCUT2D eigenvalue weighted by molar-refractivity contribution is 6.49. The number of aryl methyl sites for hydroxylation is 1. The van der Waals surface area contributed by atoms with Crippen LogP contribution in [-0.2, 0) is 16.0 Å². The van der Waals surface area contributed by atoms with Gasteiger partial charge in [0.05, 0.1) is 36.7 Å². The average molecular weight is 824 g/mol. The fourth-order valence-corrected chi connectivity index (χ4v) is 8.32. The molecule has 2 aromatic carbocycles. The van der Waals surface area contributed by atoms with Crippen molar-refractivity contribution < 1.29 is 37.4 Å². The van der Waals surface area contributed by atoms with E-state index in [1.165, 1.54) is 23.0 Å². The summed E-state index contributed by atoms with van der Waals surface area (Å²) in [7, 11) is 2.14. The molecular formula is C43H47F2N9O6. The molecule has 2 N–H and O–H groups in total. The summed E-state index contributed by atoms with van der Waals surface area (Å²) >= 11 is 0. The summed E-state index contributed by atoms with van der Waals surface area (Å²) in [5.41, 5.74) is 1.23. The highest BCUT2D eigenvalue weighted by Gasteiger charge is 2.33. The molecule has 1 saturated heterocycles. The standard InChI is InChI=1S/C43H47F2N9O6/c1-51(17-4-2-3-7-27-8-5-9-30(23-27)60-34-11-6-10-31-36(34)42(57)49-43(58)38(31)55)25-28-12-14-29(15-13-28)54-26-33(37(50-54)39(44)45)47-41(56)32-24-46-53-18-16-35(48-40(32)53)52-19-21-59-22-20-52/h5-6,8-11,16,18,23-24,26,28-29,39H,2-4,7,12-15,17,19-22,25H2,1H3,(H,47,56)(H,49,57,58). The molecule has 0 atom stereocenters. The summed E-state index contributed by atoms with van der Waals surface area (Å²) in [6, 6.07) is 14.1. The van der Waals surface area contributed by atoms with Crippen LogP contribution in [0.4, 0.5) is 20.3 Å². The molecule has 2 fully saturated rings. The van der Waals surface area contributed by atoms with Crippen molar-refractivity contribution in [2.45, 2.75) is 63.8 Å². The van der Waals surface area contributed by atoms with Gasteiger partial charge >= 0.3 is 0 Å². The number of hydrogen-bond acceptors (Lipinski definition) is 11. The van der Waals surface area contributed by atoms with Gasteiger partial charge in [0.15, 0.2) is 11.3 Å². The molecule has 3 aliphatic rings. The predicted molar refractivity (Wildman–Crippen MR) is 217 cm³/mol. The molecule has 8 rings (SSSR count). The highest BCUT2D eigenvalue weighted by atomic mass is 19.3. The first-order valence-electron chi connectivity index (χ1n) is 20.4. The van der Waals surface area contributed by atoms with E-state index in [4.69, 9.17) is 9.47 Å². The number of alkyl halides is 2. The third-order valence-corrected chi connectivity index (χ3v) is 11.5. The van der Waals surface area contributed by atoms with Gasteiger partial charge in [0.2, 0.25) is 0 Å². The van der Waals surface area contributed by atoms with Crippen LogP contribution in [0.15, 0.2) is 67.1 Å². The quantitative estimate of drug-likeness (QED) is 0.0695. The number of carbonyl (C=O) groups is 4. The SMILES string of the molecule is CN(CCCCCc1cccc(Oc2cccc3c2C(=O)NC(=O)C3=O)c1)CC1CCC(n2cc(NC(=O)c3cnn4ccc(N5CCOCC5)nc34)c(C(F)F)n2)CC1. The van der Waals surface area contributed by atoms with Crippen molar-refractivity contribution in [3.63, 3.8) is 0 Å². The van der Waals surface area contributed by atoms with Crippen LogP contribution in [0.2, 0.25) is 0 Å². The molecule has 1 aliphatic carbocycles. The predicted octanol–water partition coefficient (Wildman–Crippen LogP) is 6.27. The maximum Gasteiger partial charge on any atom is 0.299 e. The summed E-state index contributed by atoms with van der Waals surface area (Å²) in [4.78, 5) is 59.1. The third-order valence-electron chi connectivity index (χ3n) is 11.5. The number of carbonyl (C=O) groups excluding carboxylic acids is 4. The van der Waals surface area contributed by atoms with Crippen molar-refractivity contribution in [3.8, 4) is 11.5 Å². The van der Waals surface area contributed by atoms with Crippen LogP contribution in [0.5, 0.6) is 11.5 Å². The number of unbranched alkanes of at least 4 members (excludes halogenated alkanes) is 2. The lowest BCUT2D eigenvalue weighted by molar-refractivity contribution is -0.116. The minimum absolute atomic E-state index is 0.0131. The van der Waals surface area contributed by atoms with Gasteiger partial charge in [0.1, 0.15) is 22.9 Å². The summed E-state index contributed by atoms with van der Waals surface area (Å²) in [5, 5.41) is 13.3. The number of amides is 3. The van der Waals surface area contributed by atoms with E-state index >= 15 is 0 Å². The number of rotatable bonds is 15. The Morgan fingerprint density at radius 3 is 2.62 bits per heavy atom. The Bertz CT molecular complexity index is 2390. The number of benzene rings is 2. The van der Waals surface area contributed by atoms with Gasteiger partial charge in [-0.3, -0.25) is 29.2 Å². The van der Waals surface area contributed by atoms with E-state index in [0.717, 1.165) is 70.0 Å². The van der Waals surface area contributed by atoms with Gasteiger partial charge in [-0.05, 0) is 100 Å². The smallest absolute Gasteiger partial charge is 0.299 e. The van der Waals surface area contributed by atoms with Crippen LogP contribution in [0, 0.1) is 5.92 Å². The van der Waals surface area contributed by atoms with Crippen molar-refractivity contribution in [2.24, 2.45) is 5.92 Å². The van der Waals surface area contributed by atoms with Crippen LogP contribution < -0.4 is 20.3 Å². The third kappa shape index (κ3) is 9.06. The number of hydrogen-bond donors (Lipinski definition) is 2. The van der Waals surface area contributed by atoms with E-state index in [1.54, 1.807) is 29.1 Å². The van der Waals surface area contributed by atoms with E-state index in [9.17, 15) is 28.0 Å². The van der Waals surface area contributed by atoms with Gasteiger partial charge in [-0.25, -0.2) is 18.3 Å². The zero-order valence-corrected chi connectivity index (χ0v) is 33.3. The van der Waals surface area contributed by atoms with Crippen LogP contribution >= 0.6 is 0 Å². The number of fused-ring (bicyclic) bond motifs is 2. The molecular weight excluding hydrogens is 777 g/mol. The molecule has 0 radical (unpaired) electrons. The number of ketones is 1. The van der Waals surface area contributed by atoms with Gasteiger partial charge in [-0.2, -0.15) is 10.2 Å². The van der Waals surface area contributed by atoms with Crippen LogP contribution in [0.1, 0.15) is 99.7 Å². The summed E-state index contributed by atoms with van der Waals surface area (Å²) < 4.78 is 43.0. The normalized spacial score (nSPS) is 18.3. The topological polar surface area (TPSA) is 165 Å². The van der Waals surface area contributed by atoms with Crippen LogP contribution in [-0.4, -0.2) is 99.2 Å². The zero-order chi connectivity index (χ0) is 41.8. The summed E-state index contributed by atoms with van der Waals surface area (Å²) in [6.07, 6.45) is 9.21. The number of ether oxygens (including phenoxy) is 2. The molecule has 0 bridgehead atoms. The number of nitrogens with one attached hydrogen (secondary N) is 2. The Kier molecular flexibility index (Phi) is 12.2. The lowest BCUT2D eigenvalue weighted by Crippen LogP contribution is -2.42. The zero-order valence-electron chi connectivity index (χ0n) is 33.3. The summed E-state index contributed by atoms with van der Waals surface area (Å²) in [5.74, 6) is -1.01. The molecule has 0 spiro atoms. The van der Waals surface area contributed by atoms with E-state index in [2.05, 4.69) is 42.7 Å². The second-order valence-corrected chi connectivity index (χ2v) is 15.7. The van der Waals surface area contributed by atoms with Crippen molar-refractivity contribution in [1.82, 2.24) is 34.6 Å². The second-order valence-electron chi connectivity index (χ2n) is 15.7. The largest absolute Gasteiger partial charge is 0.457 e. The number of aromatic nitrogens is 5. The number of halogens is 2. The van der Waals surface area contributed by atoms with Gasteiger partial charge in [-0.15, -0.1) is 0 Å². The molecule has 3 aromatic heterocycles. The van der Waals surface area contributed by atoms with Gasteiger partial charge in [0, 0.05) is 37.6 Å². The van der Waals surface area contributed by atoms with Gasteiger partial charge in [0.25, 0.3) is 29.9 Å². The first-order chi connectivity index (χ1) is 29.1. The Hall–Kier alpha value is -6.07. The molecule has 5 aromatic rings. The first kappa shape index (κ1) is 40.7. The minimum Gasteiger partial charge on any atom is -0.457 e. The Morgan fingerprint density at radius 2 is 1.82 bits per heavy atom. The Balaban J connectivity index is 0.781. The lowest BCUT2D eigenvalue weighted by Gasteiger charge is -2.31. The first-order valence-corrected chi connectivity index (χ1v) is 20.4. The van der Waals surface area contributed by atoms with Crippen LogP contribution in [0.25, 0.3) is 5.65 Å². The molecule has 15 nitrogen and oxygen atoms in total. The van der Waals surface area contributed by atoms with Crippen molar-refractivity contribution in [2.75, 3.05) is 56.7 Å². The van der Waals surface area contributed by atoms with Crippen molar-refractivity contribution >= 4 is 40.7 Å². The molecule has 17 heteroatoms. The Morgan fingerprint density at radius 1 is 1.02 bits per heavy atom. The maximum atomic E-state index is 14.2. The summed E-state index contributed by atoms with van der Waals surface area (Å²) in [6.45, 7) is 4.43. The number of nitrogens with zero attached hydrogens (tertiary/aromatic N) is 7. The molecule has 1 saturated carbocycles.